The minimum atomic E-state index is -0.554. The molecule has 21 heavy (non-hydrogen) atoms. The van der Waals surface area contributed by atoms with Crippen LogP contribution < -0.4 is 9.47 Å². The molecule has 3 rings (SSSR count). The Morgan fingerprint density at radius 2 is 1.86 bits per heavy atom. The third kappa shape index (κ3) is 2.78. The number of carbonyl (C=O) groups excluding carboxylic acids is 1. The van der Waals surface area contributed by atoms with Crippen LogP contribution in [0.4, 0.5) is 4.39 Å². The Balaban J connectivity index is 2.01. The van der Waals surface area contributed by atoms with Gasteiger partial charge in [-0.1, -0.05) is 6.07 Å². The molecule has 2 aromatic carbocycles. The van der Waals surface area contributed by atoms with Crippen molar-refractivity contribution in [3.8, 4) is 11.5 Å². The van der Waals surface area contributed by atoms with E-state index in [1.165, 1.54) is 6.07 Å². The fourth-order valence-corrected chi connectivity index (χ4v) is 2.69. The molecule has 0 N–H and O–H groups in total. The lowest BCUT2D eigenvalue weighted by molar-refractivity contribution is 0.103. The van der Waals surface area contributed by atoms with Crippen molar-refractivity contribution in [1.29, 1.82) is 0 Å². The Morgan fingerprint density at radius 1 is 1.10 bits per heavy atom. The van der Waals surface area contributed by atoms with Crippen molar-refractivity contribution in [3.05, 3.63) is 57.8 Å². The van der Waals surface area contributed by atoms with Crippen molar-refractivity contribution < 1.29 is 18.7 Å². The van der Waals surface area contributed by atoms with E-state index in [9.17, 15) is 9.18 Å². The second-order valence-corrected chi connectivity index (χ2v) is 5.49. The molecule has 0 fully saturated rings. The lowest BCUT2D eigenvalue weighted by Crippen LogP contribution is -2.06. The van der Waals surface area contributed by atoms with Crippen LogP contribution in [0.5, 0.6) is 11.5 Å². The molecule has 0 bridgehead atoms. The molecule has 1 aliphatic heterocycles. The number of ketones is 1. The fraction of sp³-hybridized carbons (Fsp3) is 0.188. The summed E-state index contributed by atoms with van der Waals surface area (Å²) in [5.41, 5.74) is 0.386. The van der Waals surface area contributed by atoms with Gasteiger partial charge in [0.25, 0.3) is 0 Å². The van der Waals surface area contributed by atoms with Crippen LogP contribution in [0.1, 0.15) is 22.3 Å². The molecule has 0 amide bonds. The molecular weight excluding hydrogens is 339 g/mol. The molecule has 0 unspecified atom stereocenters. The highest BCUT2D eigenvalue weighted by molar-refractivity contribution is 9.10. The van der Waals surface area contributed by atoms with E-state index in [-0.39, 0.29) is 5.56 Å². The van der Waals surface area contributed by atoms with Crippen molar-refractivity contribution in [3.63, 3.8) is 0 Å². The summed E-state index contributed by atoms with van der Waals surface area (Å²) in [6.45, 7) is 1.12. The molecule has 0 aromatic heterocycles. The Morgan fingerprint density at radius 3 is 2.62 bits per heavy atom. The first-order chi connectivity index (χ1) is 10.2. The first-order valence-electron chi connectivity index (χ1n) is 6.55. The topological polar surface area (TPSA) is 35.5 Å². The molecule has 0 saturated carbocycles. The summed E-state index contributed by atoms with van der Waals surface area (Å²) < 4.78 is 25.4. The number of hydrogen-bond donors (Lipinski definition) is 0. The van der Waals surface area contributed by atoms with Crippen LogP contribution in [0.3, 0.4) is 0 Å². The van der Waals surface area contributed by atoms with E-state index in [0.717, 1.165) is 6.42 Å². The predicted octanol–water partition coefficient (Wildman–Crippen LogP) is 3.98. The van der Waals surface area contributed by atoms with Crippen molar-refractivity contribution >= 4 is 21.7 Å². The van der Waals surface area contributed by atoms with Gasteiger partial charge in [-0.15, -0.1) is 0 Å². The Labute approximate surface area is 129 Å². The van der Waals surface area contributed by atoms with E-state index in [1.807, 2.05) is 0 Å². The number of hydrogen-bond acceptors (Lipinski definition) is 3. The summed E-state index contributed by atoms with van der Waals surface area (Å²) in [6.07, 6.45) is 0.789. The van der Waals surface area contributed by atoms with E-state index in [4.69, 9.17) is 9.47 Å². The third-order valence-electron chi connectivity index (χ3n) is 3.20. The zero-order valence-electron chi connectivity index (χ0n) is 11.1. The van der Waals surface area contributed by atoms with Crippen LogP contribution in [0.25, 0.3) is 0 Å². The first-order valence-corrected chi connectivity index (χ1v) is 7.34. The monoisotopic (exact) mass is 350 g/mol. The minimum absolute atomic E-state index is 0.0204. The van der Waals surface area contributed by atoms with Gasteiger partial charge in [-0.25, -0.2) is 4.39 Å². The third-order valence-corrected chi connectivity index (χ3v) is 3.86. The minimum Gasteiger partial charge on any atom is -0.490 e. The van der Waals surface area contributed by atoms with Gasteiger partial charge >= 0.3 is 0 Å². The highest BCUT2D eigenvalue weighted by atomic mass is 79.9. The number of fused-ring (bicyclic) bond motifs is 1. The highest BCUT2D eigenvalue weighted by Gasteiger charge is 2.20. The second-order valence-electron chi connectivity index (χ2n) is 4.64. The Kier molecular flexibility index (Phi) is 3.92. The molecule has 2 aromatic rings. The lowest BCUT2D eigenvalue weighted by atomic mass is 10.0. The highest BCUT2D eigenvalue weighted by Crippen LogP contribution is 2.32. The standard InChI is InChI=1S/C16H12BrFO3/c17-11-3-1-4-12(18)15(11)16(19)10-5-6-13-14(9-10)21-8-2-7-20-13/h1,3-6,9H,2,7-8H2. The van der Waals surface area contributed by atoms with Gasteiger partial charge in [0.05, 0.1) is 18.8 Å². The van der Waals surface area contributed by atoms with Gasteiger partial charge in [-0.3, -0.25) is 4.79 Å². The van der Waals surface area contributed by atoms with Crippen LogP contribution in [-0.4, -0.2) is 19.0 Å². The van der Waals surface area contributed by atoms with Crippen molar-refractivity contribution in [2.45, 2.75) is 6.42 Å². The van der Waals surface area contributed by atoms with Gasteiger partial charge in [0.15, 0.2) is 17.3 Å². The molecule has 5 heteroatoms. The maximum Gasteiger partial charge on any atom is 0.197 e. The van der Waals surface area contributed by atoms with Crippen LogP contribution in [-0.2, 0) is 0 Å². The molecule has 1 aliphatic rings. The van der Waals surface area contributed by atoms with Crippen molar-refractivity contribution in [1.82, 2.24) is 0 Å². The number of benzene rings is 2. The SMILES string of the molecule is O=C(c1ccc2c(c1)OCCCO2)c1c(F)cccc1Br. The molecule has 1 heterocycles. The van der Waals surface area contributed by atoms with E-state index < -0.39 is 11.6 Å². The smallest absolute Gasteiger partial charge is 0.197 e. The van der Waals surface area contributed by atoms with Gasteiger partial charge in [0, 0.05) is 16.5 Å². The summed E-state index contributed by atoms with van der Waals surface area (Å²) >= 11 is 3.22. The maximum absolute atomic E-state index is 13.9. The molecule has 0 saturated heterocycles. The van der Waals surface area contributed by atoms with E-state index in [2.05, 4.69) is 15.9 Å². The van der Waals surface area contributed by atoms with E-state index >= 15 is 0 Å². The molecule has 0 atom stereocenters. The van der Waals surface area contributed by atoms with Crippen LogP contribution in [0.15, 0.2) is 40.9 Å². The molecule has 3 nitrogen and oxygen atoms in total. The zero-order chi connectivity index (χ0) is 14.8. The summed E-state index contributed by atoms with van der Waals surface area (Å²) in [7, 11) is 0. The molecule has 108 valence electrons. The molecule has 0 radical (unpaired) electrons. The van der Waals surface area contributed by atoms with Gasteiger partial charge in [-0.05, 0) is 46.3 Å². The van der Waals surface area contributed by atoms with E-state index in [1.54, 1.807) is 30.3 Å². The average molecular weight is 351 g/mol. The first kappa shape index (κ1) is 14.1. The second kappa shape index (κ2) is 5.85. The van der Waals surface area contributed by atoms with Gasteiger partial charge in [0.2, 0.25) is 0 Å². The Hall–Kier alpha value is -1.88. The normalized spacial score (nSPS) is 13.6. The lowest BCUT2D eigenvalue weighted by Gasteiger charge is -2.10. The summed E-state index contributed by atoms with van der Waals surface area (Å²) in [5, 5.41) is 0. The van der Waals surface area contributed by atoms with Gasteiger partial charge < -0.3 is 9.47 Å². The number of ether oxygens (including phenoxy) is 2. The molecular formula is C16H12BrFO3. The Bertz CT molecular complexity index is 680. The van der Waals surface area contributed by atoms with Gasteiger partial charge in [-0.2, -0.15) is 0 Å². The maximum atomic E-state index is 13.9. The van der Waals surface area contributed by atoms with Gasteiger partial charge in [0.1, 0.15) is 5.82 Å². The number of carbonyl (C=O) groups is 1. The zero-order valence-corrected chi connectivity index (χ0v) is 12.7. The fourth-order valence-electron chi connectivity index (χ4n) is 2.16. The number of halogens is 2. The summed E-state index contributed by atoms with van der Waals surface area (Å²) in [4.78, 5) is 12.5. The average Bonchev–Trinajstić information content (AvgIpc) is 2.71. The van der Waals surface area contributed by atoms with Crippen LogP contribution >= 0.6 is 15.9 Å². The van der Waals surface area contributed by atoms with Crippen molar-refractivity contribution in [2.24, 2.45) is 0 Å². The van der Waals surface area contributed by atoms with Crippen LogP contribution in [0, 0.1) is 5.82 Å². The summed E-state index contributed by atoms with van der Waals surface area (Å²) in [5.74, 6) is 0.180. The van der Waals surface area contributed by atoms with Crippen molar-refractivity contribution in [2.75, 3.05) is 13.2 Å². The summed E-state index contributed by atoms with van der Waals surface area (Å²) in [6, 6.07) is 9.35. The molecule has 0 aliphatic carbocycles. The predicted molar refractivity (Wildman–Crippen MR) is 79.6 cm³/mol. The van der Waals surface area contributed by atoms with E-state index in [0.29, 0.717) is 34.7 Å². The molecule has 0 spiro atoms. The van der Waals surface area contributed by atoms with Crippen LogP contribution in [0.2, 0.25) is 0 Å². The largest absolute Gasteiger partial charge is 0.490 e. The quantitative estimate of drug-likeness (QED) is 0.768. The number of rotatable bonds is 2.